The van der Waals surface area contributed by atoms with Crippen LogP contribution in [0.15, 0.2) is 18.2 Å². The fourth-order valence-electron chi connectivity index (χ4n) is 4.33. The van der Waals surface area contributed by atoms with E-state index in [4.69, 9.17) is 0 Å². The summed E-state index contributed by atoms with van der Waals surface area (Å²) in [5, 5.41) is 23.5. The van der Waals surface area contributed by atoms with Crippen molar-refractivity contribution in [2.24, 2.45) is 11.3 Å². The number of fused-ring (bicyclic) bond motifs is 1. The van der Waals surface area contributed by atoms with Crippen LogP contribution in [0.5, 0.6) is 0 Å². The van der Waals surface area contributed by atoms with Crippen molar-refractivity contribution in [1.29, 1.82) is 0 Å². The highest BCUT2D eigenvalue weighted by Gasteiger charge is 2.55. The number of nitro benzene ring substituents is 1. The highest BCUT2D eigenvalue weighted by atomic mass is 16.6. The van der Waals surface area contributed by atoms with Gasteiger partial charge in [0, 0.05) is 19.2 Å². The highest BCUT2D eigenvalue weighted by molar-refractivity contribution is 5.95. The highest BCUT2D eigenvalue weighted by Crippen LogP contribution is 2.49. The summed E-state index contributed by atoms with van der Waals surface area (Å²) in [6.45, 7) is 4.31. The second-order valence-electron chi connectivity index (χ2n) is 7.35. The van der Waals surface area contributed by atoms with Gasteiger partial charge in [-0.25, -0.2) is 0 Å². The van der Waals surface area contributed by atoms with Crippen molar-refractivity contribution < 1.29 is 19.6 Å². The first-order chi connectivity index (χ1) is 12.3. The first kappa shape index (κ1) is 18.3. The number of nitrogens with zero attached hydrogens (tertiary/aromatic N) is 2. The summed E-state index contributed by atoms with van der Waals surface area (Å²) < 4.78 is 0. The van der Waals surface area contributed by atoms with Crippen molar-refractivity contribution in [3.8, 4) is 0 Å². The average molecular weight is 361 g/mol. The zero-order valence-electron chi connectivity index (χ0n) is 14.9. The number of rotatable bonds is 5. The van der Waals surface area contributed by atoms with Gasteiger partial charge >= 0.3 is 5.97 Å². The number of carboxylic acids is 1. The Hall–Kier alpha value is -2.48. The van der Waals surface area contributed by atoms with E-state index in [0.717, 1.165) is 12.8 Å². The topological polar surface area (TPSA) is 113 Å². The van der Waals surface area contributed by atoms with E-state index in [2.05, 4.69) is 5.32 Å². The molecule has 2 fully saturated rings. The van der Waals surface area contributed by atoms with Gasteiger partial charge in [0.25, 0.3) is 5.69 Å². The number of benzene rings is 1. The van der Waals surface area contributed by atoms with Crippen LogP contribution in [-0.2, 0) is 9.59 Å². The van der Waals surface area contributed by atoms with Gasteiger partial charge in [-0.05, 0) is 38.7 Å². The lowest BCUT2D eigenvalue weighted by Gasteiger charge is -2.26. The number of hydrogen-bond acceptors (Lipinski definition) is 5. The van der Waals surface area contributed by atoms with Gasteiger partial charge in [0.1, 0.15) is 0 Å². The molecule has 1 heterocycles. The third-order valence-electron chi connectivity index (χ3n) is 6.01. The molecule has 0 spiro atoms. The molecule has 0 radical (unpaired) electrons. The standard InChI is InChI=1S/C18H23N3O5/c1-11-14(6-3-7-15(11)21(25)26)19-16(22)12(2)20-9-13-5-4-8-18(13,10-20)17(23)24/h3,6-7,12-13H,4-5,8-10H2,1-2H3,(H,19,22)(H,23,24)/t12?,13-,18+/m0/s1. The number of hydrogen-bond donors (Lipinski definition) is 2. The van der Waals surface area contributed by atoms with Gasteiger partial charge in [-0.3, -0.25) is 24.6 Å². The molecule has 0 bridgehead atoms. The Morgan fingerprint density at radius 2 is 2.19 bits per heavy atom. The predicted molar refractivity (Wildman–Crippen MR) is 94.9 cm³/mol. The quantitative estimate of drug-likeness (QED) is 0.615. The normalized spacial score (nSPS) is 26.3. The molecule has 1 saturated heterocycles. The van der Waals surface area contributed by atoms with Crippen LogP contribution in [0.2, 0.25) is 0 Å². The van der Waals surface area contributed by atoms with Gasteiger partial charge in [0.2, 0.25) is 5.91 Å². The largest absolute Gasteiger partial charge is 0.481 e. The van der Waals surface area contributed by atoms with Crippen LogP contribution < -0.4 is 5.32 Å². The molecule has 1 amide bonds. The Kier molecular flexibility index (Phi) is 4.70. The van der Waals surface area contributed by atoms with Gasteiger partial charge in [-0.15, -0.1) is 0 Å². The molecule has 1 unspecified atom stereocenters. The zero-order chi connectivity index (χ0) is 19.1. The Balaban J connectivity index is 1.73. The summed E-state index contributed by atoms with van der Waals surface area (Å²) in [7, 11) is 0. The van der Waals surface area contributed by atoms with Crippen LogP contribution in [0.4, 0.5) is 11.4 Å². The first-order valence-corrected chi connectivity index (χ1v) is 8.78. The van der Waals surface area contributed by atoms with E-state index in [-0.39, 0.29) is 17.5 Å². The zero-order valence-corrected chi connectivity index (χ0v) is 14.9. The molecule has 140 valence electrons. The van der Waals surface area contributed by atoms with E-state index in [0.29, 0.717) is 30.8 Å². The maximum absolute atomic E-state index is 12.7. The molecule has 1 saturated carbocycles. The minimum Gasteiger partial charge on any atom is -0.481 e. The number of amides is 1. The van der Waals surface area contributed by atoms with E-state index >= 15 is 0 Å². The fraction of sp³-hybridized carbons (Fsp3) is 0.556. The summed E-state index contributed by atoms with van der Waals surface area (Å²) in [5.41, 5.74) is 0.0217. The van der Waals surface area contributed by atoms with Crippen LogP contribution in [-0.4, -0.2) is 45.9 Å². The molecule has 8 heteroatoms. The lowest BCUT2D eigenvalue weighted by Crippen LogP contribution is -2.43. The number of likely N-dealkylation sites (tertiary alicyclic amines) is 1. The van der Waals surface area contributed by atoms with Crippen molar-refractivity contribution in [2.45, 2.75) is 39.2 Å². The summed E-state index contributed by atoms with van der Waals surface area (Å²) in [5.74, 6) is -0.978. The lowest BCUT2D eigenvalue weighted by molar-refractivity contribution is -0.385. The average Bonchev–Trinajstić information content (AvgIpc) is 3.14. The predicted octanol–water partition coefficient (Wildman–Crippen LogP) is 2.42. The fourth-order valence-corrected chi connectivity index (χ4v) is 4.33. The van der Waals surface area contributed by atoms with E-state index in [9.17, 15) is 24.8 Å². The number of nitrogens with one attached hydrogen (secondary N) is 1. The number of aliphatic carboxylic acids is 1. The maximum atomic E-state index is 12.7. The smallest absolute Gasteiger partial charge is 0.311 e. The Labute approximate surface area is 151 Å². The second kappa shape index (κ2) is 6.68. The molecule has 3 rings (SSSR count). The molecular weight excluding hydrogens is 338 g/mol. The number of carbonyl (C=O) groups excluding carboxylic acids is 1. The molecule has 0 aromatic heterocycles. The Morgan fingerprint density at radius 1 is 1.46 bits per heavy atom. The third-order valence-corrected chi connectivity index (χ3v) is 6.01. The van der Waals surface area contributed by atoms with Crippen molar-refractivity contribution >= 4 is 23.3 Å². The van der Waals surface area contributed by atoms with Crippen LogP contribution in [0, 0.1) is 28.4 Å². The van der Waals surface area contributed by atoms with Gasteiger partial charge in [-0.1, -0.05) is 12.5 Å². The first-order valence-electron chi connectivity index (χ1n) is 8.78. The molecule has 1 aliphatic heterocycles. The summed E-state index contributed by atoms with van der Waals surface area (Å²) >= 11 is 0. The van der Waals surface area contributed by atoms with Gasteiger partial charge in [0.15, 0.2) is 0 Å². The molecule has 8 nitrogen and oxygen atoms in total. The van der Waals surface area contributed by atoms with Crippen LogP contribution in [0.1, 0.15) is 31.7 Å². The van der Waals surface area contributed by atoms with Crippen molar-refractivity contribution in [3.05, 3.63) is 33.9 Å². The molecule has 26 heavy (non-hydrogen) atoms. The Morgan fingerprint density at radius 3 is 2.81 bits per heavy atom. The molecule has 2 N–H and O–H groups in total. The second-order valence-corrected chi connectivity index (χ2v) is 7.35. The SMILES string of the molecule is Cc1c(NC(=O)C(C)N2C[C@@H]3CCC[C@@]3(C(=O)O)C2)cccc1[N+](=O)[O-]. The van der Waals surface area contributed by atoms with E-state index in [1.165, 1.54) is 12.1 Å². The minimum absolute atomic E-state index is 0.0454. The minimum atomic E-state index is -0.773. The van der Waals surface area contributed by atoms with E-state index in [1.807, 2.05) is 4.90 Å². The molecule has 1 aliphatic carbocycles. The van der Waals surface area contributed by atoms with E-state index in [1.54, 1.807) is 19.9 Å². The Bertz CT molecular complexity index is 765. The van der Waals surface area contributed by atoms with Gasteiger partial charge in [-0.2, -0.15) is 0 Å². The van der Waals surface area contributed by atoms with Crippen LogP contribution >= 0.6 is 0 Å². The van der Waals surface area contributed by atoms with Crippen LogP contribution in [0.25, 0.3) is 0 Å². The summed E-state index contributed by atoms with van der Waals surface area (Å²) in [6, 6.07) is 4.05. The maximum Gasteiger partial charge on any atom is 0.311 e. The number of carboxylic acid groups (broad SMARTS) is 1. The monoisotopic (exact) mass is 361 g/mol. The number of nitro groups is 1. The van der Waals surface area contributed by atoms with Gasteiger partial charge < -0.3 is 10.4 Å². The third kappa shape index (κ3) is 2.94. The lowest BCUT2D eigenvalue weighted by atomic mass is 9.81. The van der Waals surface area contributed by atoms with Gasteiger partial charge in [0.05, 0.1) is 27.6 Å². The van der Waals surface area contributed by atoms with Crippen LogP contribution in [0.3, 0.4) is 0 Å². The molecular formula is C18H23N3O5. The number of anilines is 1. The van der Waals surface area contributed by atoms with Crippen molar-refractivity contribution in [3.63, 3.8) is 0 Å². The van der Waals surface area contributed by atoms with Crippen molar-refractivity contribution in [2.75, 3.05) is 18.4 Å². The molecule has 1 aromatic rings. The summed E-state index contributed by atoms with van der Waals surface area (Å²) in [6.07, 6.45) is 2.45. The molecule has 2 aliphatic rings. The van der Waals surface area contributed by atoms with E-state index < -0.39 is 22.3 Å². The number of carbonyl (C=O) groups is 2. The molecule has 1 aromatic carbocycles. The summed E-state index contributed by atoms with van der Waals surface area (Å²) in [4.78, 5) is 36.9. The van der Waals surface area contributed by atoms with Crippen molar-refractivity contribution in [1.82, 2.24) is 4.90 Å². The molecule has 3 atom stereocenters.